The standard InChI is InChI=1S/C28H30F2N2O5.C15H16N2O2/c1-6-32-22-13-18(37-10-9-36-5)11-16(2)23(22)24-25(32)19(27(34)35)14-31(15-28(24,3)4)26(33)17-7-8-20(29)21(30)12-17;1-15(2)8-16-7-10(14(18)19)13-12(15)9-5-3-4-6-11(9)17-13/h7-8,11-14H,6,9-10,15H2,1-5H3,(H,34,35);3-7,16-17H,8H2,1-2H3,(H,18,19). The average Bonchev–Trinajstić information content (AvgIpc) is 3.62. The number of aryl methyl sites for hydroxylation is 2. The number of carbonyl (C=O) groups is 3. The van der Waals surface area contributed by atoms with Crippen molar-refractivity contribution in [2.45, 2.75) is 58.9 Å². The number of ether oxygens (including phenoxy) is 2. The molecule has 294 valence electrons. The van der Waals surface area contributed by atoms with Crippen molar-refractivity contribution in [2.24, 2.45) is 0 Å². The van der Waals surface area contributed by atoms with Crippen molar-refractivity contribution < 1.29 is 42.9 Å². The molecule has 0 unspecified atom stereocenters. The van der Waals surface area contributed by atoms with Gasteiger partial charge in [-0.3, -0.25) is 4.79 Å². The molecule has 13 heteroatoms. The van der Waals surface area contributed by atoms with Crippen LogP contribution in [-0.2, 0) is 31.7 Å². The summed E-state index contributed by atoms with van der Waals surface area (Å²) < 4.78 is 40.2. The van der Waals surface area contributed by atoms with Gasteiger partial charge in [-0.15, -0.1) is 0 Å². The summed E-state index contributed by atoms with van der Waals surface area (Å²) in [5.41, 5.74) is 5.15. The first-order valence-electron chi connectivity index (χ1n) is 18.3. The number of fused-ring (bicyclic) bond motifs is 6. The Kier molecular flexibility index (Phi) is 10.9. The van der Waals surface area contributed by atoms with Gasteiger partial charge in [-0.05, 0) is 60.9 Å². The van der Waals surface area contributed by atoms with E-state index >= 15 is 0 Å². The van der Waals surface area contributed by atoms with Crippen molar-refractivity contribution in [2.75, 3.05) is 33.4 Å². The number of aromatic amines is 1. The molecule has 56 heavy (non-hydrogen) atoms. The number of aliphatic carboxylic acids is 2. The lowest BCUT2D eigenvalue weighted by atomic mass is 9.81. The Bertz CT molecular complexity index is 2440. The molecule has 4 heterocycles. The molecule has 4 N–H and O–H groups in total. The lowest BCUT2D eigenvalue weighted by Gasteiger charge is -2.30. The van der Waals surface area contributed by atoms with Gasteiger partial charge >= 0.3 is 11.9 Å². The Morgan fingerprint density at radius 2 is 1.61 bits per heavy atom. The van der Waals surface area contributed by atoms with E-state index in [0.717, 1.165) is 50.6 Å². The van der Waals surface area contributed by atoms with Crippen LogP contribution in [0.1, 0.15) is 73.1 Å². The van der Waals surface area contributed by atoms with Crippen molar-refractivity contribution in [3.05, 3.63) is 112 Å². The molecule has 2 aliphatic heterocycles. The van der Waals surface area contributed by atoms with E-state index < -0.39 is 34.9 Å². The number of hydrogen-bond donors (Lipinski definition) is 4. The van der Waals surface area contributed by atoms with Gasteiger partial charge in [0.15, 0.2) is 11.6 Å². The molecule has 5 aromatic rings. The number of carboxylic acids is 2. The molecule has 0 saturated heterocycles. The topological polar surface area (TPSA) is 146 Å². The molecule has 0 fully saturated rings. The maximum Gasteiger partial charge on any atom is 0.339 e. The first-order chi connectivity index (χ1) is 26.5. The molecule has 2 aliphatic rings. The molecule has 1 amide bonds. The highest BCUT2D eigenvalue weighted by molar-refractivity contribution is 6.18. The Balaban J connectivity index is 0.000000233. The minimum absolute atomic E-state index is 0.0594. The fraction of sp³-hybridized carbons (Fsp3) is 0.326. The minimum Gasteiger partial charge on any atom is -0.491 e. The highest BCUT2D eigenvalue weighted by atomic mass is 19.2. The Hall–Kier alpha value is -5.95. The first-order valence-corrected chi connectivity index (χ1v) is 18.3. The number of carbonyl (C=O) groups excluding carboxylic acids is 1. The number of nitrogens with one attached hydrogen (secondary N) is 2. The Morgan fingerprint density at radius 3 is 2.27 bits per heavy atom. The molecule has 0 atom stereocenters. The van der Waals surface area contributed by atoms with Gasteiger partial charge in [-0.1, -0.05) is 45.9 Å². The van der Waals surface area contributed by atoms with Gasteiger partial charge in [-0.25, -0.2) is 18.4 Å². The molecule has 0 spiro atoms. The number of amides is 1. The van der Waals surface area contributed by atoms with Crippen molar-refractivity contribution in [3.8, 4) is 5.75 Å². The molecular formula is C43H46F2N4O7. The molecule has 0 bridgehead atoms. The number of para-hydroxylation sites is 1. The fourth-order valence-corrected chi connectivity index (χ4v) is 7.88. The van der Waals surface area contributed by atoms with E-state index in [4.69, 9.17) is 9.47 Å². The van der Waals surface area contributed by atoms with Crippen molar-refractivity contribution in [3.63, 3.8) is 0 Å². The minimum atomic E-state index is -1.20. The molecular weight excluding hydrogens is 722 g/mol. The van der Waals surface area contributed by atoms with Crippen LogP contribution in [0.25, 0.3) is 33.0 Å². The van der Waals surface area contributed by atoms with Crippen LogP contribution in [0, 0.1) is 18.6 Å². The van der Waals surface area contributed by atoms with Crippen LogP contribution in [0.2, 0.25) is 0 Å². The summed E-state index contributed by atoms with van der Waals surface area (Å²) in [4.78, 5) is 41.9. The second-order valence-electron chi connectivity index (χ2n) is 15.3. The smallest absolute Gasteiger partial charge is 0.339 e. The van der Waals surface area contributed by atoms with Crippen LogP contribution < -0.4 is 10.1 Å². The van der Waals surface area contributed by atoms with Crippen molar-refractivity contribution in [1.82, 2.24) is 19.8 Å². The van der Waals surface area contributed by atoms with Crippen LogP contribution in [0.4, 0.5) is 8.78 Å². The number of nitrogens with zero attached hydrogens (tertiary/aromatic N) is 2. The maximum absolute atomic E-state index is 13.9. The SMILES string of the molecule is CC1(C)CNC=C(C(=O)O)c2[nH]c3ccccc3c21.CCn1c2c(c3c(C)cc(OCCOC)cc31)C(C)(C)CN(C(=O)c1ccc(F)c(F)c1)C=C2C(=O)O. The summed E-state index contributed by atoms with van der Waals surface area (Å²) in [6, 6.07) is 14.7. The third kappa shape index (κ3) is 7.26. The second kappa shape index (κ2) is 15.3. The van der Waals surface area contributed by atoms with E-state index in [1.165, 1.54) is 17.2 Å². The predicted octanol–water partition coefficient (Wildman–Crippen LogP) is 7.61. The third-order valence-electron chi connectivity index (χ3n) is 10.3. The van der Waals surface area contributed by atoms with E-state index in [2.05, 4.69) is 24.1 Å². The highest BCUT2D eigenvalue weighted by Crippen LogP contribution is 2.45. The molecule has 2 aromatic heterocycles. The van der Waals surface area contributed by atoms with Crippen LogP contribution in [0.5, 0.6) is 5.75 Å². The monoisotopic (exact) mass is 768 g/mol. The normalized spacial score (nSPS) is 15.6. The van der Waals surface area contributed by atoms with Gasteiger partial charge in [0, 0.05) is 77.9 Å². The van der Waals surface area contributed by atoms with Gasteiger partial charge in [0.25, 0.3) is 5.91 Å². The van der Waals surface area contributed by atoms with Crippen LogP contribution >= 0.6 is 0 Å². The summed E-state index contributed by atoms with van der Waals surface area (Å²) in [5.74, 6) is -4.29. The van der Waals surface area contributed by atoms with Gasteiger partial charge in [0.1, 0.15) is 12.4 Å². The zero-order valence-corrected chi connectivity index (χ0v) is 32.5. The van der Waals surface area contributed by atoms with E-state index in [1.807, 2.05) is 68.7 Å². The predicted molar refractivity (Wildman–Crippen MR) is 211 cm³/mol. The number of benzene rings is 3. The Morgan fingerprint density at radius 1 is 0.893 bits per heavy atom. The summed E-state index contributed by atoms with van der Waals surface area (Å²) in [6.45, 7) is 14.1. The van der Waals surface area contributed by atoms with E-state index in [9.17, 15) is 33.4 Å². The van der Waals surface area contributed by atoms with Crippen LogP contribution in [0.15, 0.2) is 67.0 Å². The van der Waals surface area contributed by atoms with Gasteiger partial charge in [0.05, 0.1) is 34.7 Å². The lowest BCUT2D eigenvalue weighted by molar-refractivity contribution is -0.131. The quantitative estimate of drug-likeness (QED) is 0.118. The van der Waals surface area contributed by atoms with E-state index in [-0.39, 0.29) is 28.7 Å². The Labute approximate surface area is 323 Å². The summed E-state index contributed by atoms with van der Waals surface area (Å²) in [5, 5.41) is 24.8. The number of aromatic nitrogens is 2. The van der Waals surface area contributed by atoms with Crippen LogP contribution in [0.3, 0.4) is 0 Å². The van der Waals surface area contributed by atoms with Gasteiger partial charge in [0.2, 0.25) is 0 Å². The largest absolute Gasteiger partial charge is 0.491 e. The maximum atomic E-state index is 13.9. The molecule has 0 aliphatic carbocycles. The van der Waals surface area contributed by atoms with Crippen molar-refractivity contribution in [1.29, 1.82) is 0 Å². The number of rotatable bonds is 8. The molecule has 7 rings (SSSR count). The average molecular weight is 769 g/mol. The lowest BCUT2D eigenvalue weighted by Crippen LogP contribution is -2.37. The zero-order chi connectivity index (χ0) is 40.7. The molecule has 0 saturated carbocycles. The summed E-state index contributed by atoms with van der Waals surface area (Å²) >= 11 is 0. The number of methoxy groups -OCH3 is 1. The highest BCUT2D eigenvalue weighted by Gasteiger charge is 2.39. The fourth-order valence-electron chi connectivity index (χ4n) is 7.88. The van der Waals surface area contributed by atoms with Gasteiger partial charge in [-0.2, -0.15) is 0 Å². The number of carboxylic acid groups (broad SMARTS) is 2. The van der Waals surface area contributed by atoms with E-state index in [0.29, 0.717) is 43.4 Å². The van der Waals surface area contributed by atoms with Crippen LogP contribution in [-0.4, -0.2) is 75.9 Å². The van der Waals surface area contributed by atoms with Crippen molar-refractivity contribution >= 4 is 50.8 Å². The molecule has 3 aromatic carbocycles. The first kappa shape index (κ1) is 39.7. The number of H-pyrrole nitrogens is 1. The zero-order valence-electron chi connectivity index (χ0n) is 32.5. The van der Waals surface area contributed by atoms with E-state index in [1.54, 1.807) is 13.3 Å². The second-order valence-corrected chi connectivity index (χ2v) is 15.3. The molecule has 11 nitrogen and oxygen atoms in total. The summed E-state index contributed by atoms with van der Waals surface area (Å²) in [6.07, 6.45) is 2.89. The number of halogens is 2. The number of hydrogen-bond acceptors (Lipinski definition) is 6. The molecule has 0 radical (unpaired) electrons. The third-order valence-corrected chi connectivity index (χ3v) is 10.3. The summed E-state index contributed by atoms with van der Waals surface area (Å²) in [7, 11) is 1.60. The van der Waals surface area contributed by atoms with Gasteiger partial charge < -0.3 is 39.5 Å².